The van der Waals surface area contributed by atoms with Gasteiger partial charge in [-0.1, -0.05) is 31.9 Å². The Kier molecular flexibility index (Phi) is 5.95. The highest BCUT2D eigenvalue weighted by Crippen LogP contribution is 2.64. The summed E-state index contributed by atoms with van der Waals surface area (Å²) in [6.45, 7) is 9.41. The lowest BCUT2D eigenvalue weighted by Gasteiger charge is -2.62. The van der Waals surface area contributed by atoms with Crippen LogP contribution in [-0.4, -0.2) is 21.7 Å². The van der Waals surface area contributed by atoms with Crippen LogP contribution in [0.15, 0.2) is 41.6 Å². The highest BCUT2D eigenvalue weighted by atomic mass is 16.3. The van der Waals surface area contributed by atoms with Crippen molar-refractivity contribution in [1.29, 1.82) is 0 Å². The van der Waals surface area contributed by atoms with Crippen molar-refractivity contribution in [3.05, 3.63) is 41.6 Å². The lowest BCUT2D eigenvalue weighted by molar-refractivity contribution is -0.149. The molecule has 3 aliphatic carbocycles. The molecule has 2 saturated carbocycles. The lowest BCUT2D eigenvalue weighted by atomic mass is 9.43. The van der Waals surface area contributed by atoms with Gasteiger partial charge in [0.1, 0.15) is 0 Å². The summed E-state index contributed by atoms with van der Waals surface area (Å²) in [4.78, 5) is 12.9. The molecule has 5 atom stereocenters. The predicted octanol–water partition coefficient (Wildman–Crippen LogP) is 6.84. The van der Waals surface area contributed by atoms with Gasteiger partial charge in [0.05, 0.1) is 6.10 Å². The number of aliphatic hydroxyl groups excluding tert-OH is 1. The molecular weight excluding hydrogens is 420 g/mol. The largest absolute Gasteiger partial charge is 0.393 e. The smallest absolute Gasteiger partial charge is 0.224 e. The van der Waals surface area contributed by atoms with E-state index in [9.17, 15) is 9.90 Å². The van der Waals surface area contributed by atoms with Gasteiger partial charge < -0.3 is 15.0 Å². The number of anilines is 1. The molecule has 34 heavy (non-hydrogen) atoms. The second-order valence-electron chi connectivity index (χ2n) is 12.3. The minimum absolute atomic E-state index is 0.00587. The number of carbonyl (C=O) groups is 1. The van der Waals surface area contributed by atoms with E-state index in [1.807, 2.05) is 19.3 Å². The summed E-state index contributed by atoms with van der Waals surface area (Å²) < 4.78 is 2.10. The molecule has 2 fully saturated rings. The van der Waals surface area contributed by atoms with E-state index in [-0.39, 0.29) is 17.4 Å². The normalized spacial score (nSPS) is 32.9. The van der Waals surface area contributed by atoms with E-state index in [1.54, 1.807) is 5.57 Å². The van der Waals surface area contributed by atoms with Crippen molar-refractivity contribution in [2.45, 2.75) is 85.2 Å². The maximum Gasteiger partial charge on any atom is 0.224 e. The monoisotopic (exact) mass is 462 g/mol. The van der Waals surface area contributed by atoms with Crippen molar-refractivity contribution >= 4 is 22.5 Å². The Morgan fingerprint density at radius 1 is 1.15 bits per heavy atom. The molecule has 1 amide bonds. The molecule has 3 unspecified atom stereocenters. The van der Waals surface area contributed by atoms with Crippen LogP contribution in [0, 0.1) is 28.6 Å². The lowest BCUT2D eigenvalue weighted by Crippen LogP contribution is -2.56. The zero-order valence-electron chi connectivity index (χ0n) is 21.7. The first-order valence-electron chi connectivity index (χ1n) is 13.3. The van der Waals surface area contributed by atoms with Gasteiger partial charge in [0.15, 0.2) is 0 Å². The first-order valence-corrected chi connectivity index (χ1v) is 13.3. The van der Waals surface area contributed by atoms with Gasteiger partial charge in [-0.3, -0.25) is 4.79 Å². The molecule has 0 bridgehead atoms. The fourth-order valence-electron chi connectivity index (χ4n) is 8.26. The van der Waals surface area contributed by atoms with Gasteiger partial charge >= 0.3 is 0 Å². The summed E-state index contributed by atoms with van der Waals surface area (Å²) in [5.74, 6) is 1.98. The number of aliphatic hydroxyl groups is 1. The zero-order chi connectivity index (χ0) is 24.3. The van der Waals surface area contributed by atoms with Crippen molar-refractivity contribution in [2.24, 2.45) is 35.6 Å². The zero-order valence-corrected chi connectivity index (χ0v) is 21.7. The fourth-order valence-corrected chi connectivity index (χ4v) is 8.26. The molecule has 184 valence electrons. The molecule has 4 heteroatoms. The molecule has 1 aromatic heterocycles. The summed E-state index contributed by atoms with van der Waals surface area (Å²) in [6, 6.07) is 8.23. The van der Waals surface area contributed by atoms with E-state index < -0.39 is 0 Å². The van der Waals surface area contributed by atoms with Gasteiger partial charge in [-0.15, -0.1) is 0 Å². The molecule has 0 saturated heterocycles. The van der Waals surface area contributed by atoms with E-state index in [0.29, 0.717) is 29.6 Å². The first-order chi connectivity index (χ1) is 16.1. The van der Waals surface area contributed by atoms with Crippen molar-refractivity contribution in [3.63, 3.8) is 0 Å². The van der Waals surface area contributed by atoms with Gasteiger partial charge in [0, 0.05) is 36.3 Å². The molecule has 1 aromatic carbocycles. The highest BCUT2D eigenvalue weighted by molar-refractivity contribution is 5.94. The van der Waals surface area contributed by atoms with E-state index >= 15 is 0 Å². The third-order valence-electron chi connectivity index (χ3n) is 10.2. The first kappa shape index (κ1) is 23.7. The topological polar surface area (TPSA) is 54.3 Å². The van der Waals surface area contributed by atoms with Gasteiger partial charge in [-0.05, 0) is 105 Å². The van der Waals surface area contributed by atoms with E-state index in [1.165, 1.54) is 30.4 Å². The number of allylic oxidation sites excluding steroid dienone is 2. The molecule has 0 radical (unpaired) electrons. The Balaban J connectivity index is 1.28. The van der Waals surface area contributed by atoms with Crippen LogP contribution >= 0.6 is 0 Å². The summed E-state index contributed by atoms with van der Waals surface area (Å²) in [6.07, 6.45) is 10.2. The number of benzene rings is 1. The quantitative estimate of drug-likeness (QED) is 0.489. The molecular formula is C30H42N2O2. The number of nitrogens with one attached hydrogen (secondary N) is 1. The SMILES string of the molecule is CC1=C(CCC(=O)Nc2ccc3c(ccn3C)c2)C2CCC3C(C)(C)[C@@H](O)CC[C@]3(C)C2CC1. The van der Waals surface area contributed by atoms with Crippen LogP contribution in [0.4, 0.5) is 5.69 Å². The maximum atomic E-state index is 12.9. The van der Waals surface area contributed by atoms with Crippen LogP contribution in [0.25, 0.3) is 10.9 Å². The number of hydrogen-bond acceptors (Lipinski definition) is 2. The number of aryl methyl sites for hydroxylation is 1. The van der Waals surface area contributed by atoms with Gasteiger partial charge in [-0.25, -0.2) is 0 Å². The Morgan fingerprint density at radius 3 is 2.74 bits per heavy atom. The molecule has 2 N–H and O–H groups in total. The Bertz CT molecular complexity index is 1130. The summed E-state index contributed by atoms with van der Waals surface area (Å²) in [5.41, 5.74) is 5.44. The molecule has 0 spiro atoms. The molecule has 2 aromatic rings. The summed E-state index contributed by atoms with van der Waals surface area (Å²) in [7, 11) is 2.04. The average molecular weight is 463 g/mol. The van der Waals surface area contributed by atoms with Crippen LogP contribution in [0.3, 0.4) is 0 Å². The summed E-state index contributed by atoms with van der Waals surface area (Å²) >= 11 is 0. The van der Waals surface area contributed by atoms with Crippen molar-refractivity contribution in [1.82, 2.24) is 4.57 Å². The summed E-state index contributed by atoms with van der Waals surface area (Å²) in [5, 5.41) is 15.0. The third kappa shape index (κ3) is 3.82. The number of carbonyl (C=O) groups excluding carboxylic acids is 1. The number of amides is 1. The van der Waals surface area contributed by atoms with E-state index in [0.717, 1.165) is 36.8 Å². The van der Waals surface area contributed by atoms with E-state index in [4.69, 9.17) is 0 Å². The van der Waals surface area contributed by atoms with Gasteiger partial charge in [0.2, 0.25) is 5.91 Å². The highest BCUT2D eigenvalue weighted by Gasteiger charge is 2.58. The van der Waals surface area contributed by atoms with Gasteiger partial charge in [-0.2, -0.15) is 0 Å². The molecule has 5 rings (SSSR count). The number of nitrogens with zero attached hydrogens (tertiary/aromatic N) is 1. The van der Waals surface area contributed by atoms with Crippen molar-refractivity contribution in [3.8, 4) is 0 Å². The standard InChI is InChI=1S/C30H42N2O2/c1-19-6-10-24-23(8-12-26-29(2,3)27(33)14-16-30(24,26)4)22(19)9-13-28(34)31-21-7-11-25-20(18-21)15-17-32(25)5/h7,11,15,17-18,23-24,26-27,33H,6,8-10,12-14,16H2,1-5H3,(H,31,34)/t23?,24?,26?,27-,30+/m0/s1. The van der Waals surface area contributed by atoms with Crippen molar-refractivity contribution < 1.29 is 9.90 Å². The average Bonchev–Trinajstić information content (AvgIpc) is 3.16. The third-order valence-corrected chi connectivity index (χ3v) is 10.2. The van der Waals surface area contributed by atoms with Gasteiger partial charge in [0.25, 0.3) is 0 Å². The van der Waals surface area contributed by atoms with Crippen LogP contribution in [0.5, 0.6) is 0 Å². The van der Waals surface area contributed by atoms with Crippen LogP contribution in [0.2, 0.25) is 0 Å². The number of aromatic nitrogens is 1. The Morgan fingerprint density at radius 2 is 1.94 bits per heavy atom. The minimum Gasteiger partial charge on any atom is -0.393 e. The molecule has 4 nitrogen and oxygen atoms in total. The fraction of sp³-hybridized carbons (Fsp3) is 0.633. The van der Waals surface area contributed by atoms with Crippen LogP contribution in [-0.2, 0) is 11.8 Å². The van der Waals surface area contributed by atoms with Crippen LogP contribution < -0.4 is 5.32 Å². The second kappa shape index (κ2) is 8.55. The molecule has 0 aliphatic heterocycles. The van der Waals surface area contributed by atoms with Crippen molar-refractivity contribution in [2.75, 3.05) is 5.32 Å². The van der Waals surface area contributed by atoms with Crippen LogP contribution in [0.1, 0.15) is 79.1 Å². The number of rotatable bonds is 4. The molecule has 3 aliphatic rings. The minimum atomic E-state index is -0.179. The number of hydrogen-bond donors (Lipinski definition) is 2. The maximum absolute atomic E-state index is 12.9. The van der Waals surface area contributed by atoms with E-state index in [2.05, 4.69) is 55.8 Å². The Labute approximate surface area is 204 Å². The number of fused-ring (bicyclic) bond motifs is 4. The second-order valence-corrected chi connectivity index (χ2v) is 12.3. The molecule has 1 heterocycles. The predicted molar refractivity (Wildman–Crippen MR) is 140 cm³/mol. The Hall–Kier alpha value is -2.07.